The van der Waals surface area contributed by atoms with Crippen LogP contribution in [0.25, 0.3) is 0 Å². The van der Waals surface area contributed by atoms with Gasteiger partial charge in [0.05, 0.1) is 0 Å². The van der Waals surface area contributed by atoms with Gasteiger partial charge in [-0.15, -0.1) is 0 Å². The van der Waals surface area contributed by atoms with Crippen molar-refractivity contribution in [1.82, 2.24) is 5.32 Å². The SMILES string of the molecule is CCCNC(CCC(C)C)c1ccc(OC(F)F)cc1. The van der Waals surface area contributed by atoms with E-state index in [4.69, 9.17) is 0 Å². The predicted molar refractivity (Wildman–Crippen MR) is 78.2 cm³/mol. The lowest BCUT2D eigenvalue weighted by Gasteiger charge is -2.20. The van der Waals surface area contributed by atoms with Gasteiger partial charge in [-0.3, -0.25) is 0 Å². The summed E-state index contributed by atoms with van der Waals surface area (Å²) in [5.74, 6) is 0.865. The maximum absolute atomic E-state index is 12.1. The Labute approximate surface area is 120 Å². The first-order valence-electron chi connectivity index (χ1n) is 7.31. The van der Waals surface area contributed by atoms with Gasteiger partial charge < -0.3 is 10.1 Å². The monoisotopic (exact) mass is 285 g/mol. The van der Waals surface area contributed by atoms with Gasteiger partial charge in [0.25, 0.3) is 0 Å². The van der Waals surface area contributed by atoms with Crippen molar-refractivity contribution in [2.24, 2.45) is 5.92 Å². The molecule has 0 saturated carbocycles. The van der Waals surface area contributed by atoms with E-state index in [1.54, 1.807) is 12.1 Å². The standard InChI is InChI=1S/C16H25F2NO/c1-4-11-19-15(10-5-12(2)3)13-6-8-14(9-7-13)20-16(17)18/h6-9,12,15-16,19H,4-5,10-11H2,1-3H3. The fourth-order valence-corrected chi connectivity index (χ4v) is 2.09. The van der Waals surface area contributed by atoms with Crippen LogP contribution in [0.1, 0.15) is 51.6 Å². The maximum atomic E-state index is 12.1. The largest absolute Gasteiger partial charge is 0.435 e. The number of ether oxygens (including phenoxy) is 1. The molecule has 0 saturated heterocycles. The topological polar surface area (TPSA) is 21.3 Å². The molecular weight excluding hydrogens is 260 g/mol. The molecule has 0 bridgehead atoms. The van der Waals surface area contributed by atoms with Crippen molar-refractivity contribution in [1.29, 1.82) is 0 Å². The Bertz CT molecular complexity index is 365. The summed E-state index contributed by atoms with van der Waals surface area (Å²) in [7, 11) is 0. The van der Waals surface area contributed by atoms with Gasteiger partial charge >= 0.3 is 6.61 Å². The van der Waals surface area contributed by atoms with Crippen LogP contribution in [0.15, 0.2) is 24.3 Å². The van der Waals surface area contributed by atoms with E-state index in [1.807, 2.05) is 12.1 Å². The number of hydrogen-bond acceptors (Lipinski definition) is 2. The van der Waals surface area contributed by atoms with Gasteiger partial charge in [-0.05, 0) is 49.4 Å². The molecule has 1 rings (SSSR count). The Morgan fingerprint density at radius 3 is 2.25 bits per heavy atom. The molecule has 0 aliphatic carbocycles. The van der Waals surface area contributed by atoms with Gasteiger partial charge in [-0.1, -0.05) is 32.9 Å². The number of nitrogens with one attached hydrogen (secondary N) is 1. The van der Waals surface area contributed by atoms with Gasteiger partial charge in [0, 0.05) is 6.04 Å². The summed E-state index contributed by atoms with van der Waals surface area (Å²) in [4.78, 5) is 0. The first-order chi connectivity index (χ1) is 9.52. The zero-order valence-corrected chi connectivity index (χ0v) is 12.5. The Hall–Kier alpha value is -1.16. The highest BCUT2D eigenvalue weighted by Crippen LogP contribution is 2.24. The molecule has 4 heteroatoms. The number of alkyl halides is 2. The minimum absolute atomic E-state index is 0.210. The molecular formula is C16H25F2NO. The van der Waals surface area contributed by atoms with Gasteiger partial charge in [-0.25, -0.2) is 0 Å². The lowest BCUT2D eigenvalue weighted by molar-refractivity contribution is -0.0498. The highest BCUT2D eigenvalue weighted by Gasteiger charge is 2.12. The molecule has 1 aromatic rings. The molecule has 0 fully saturated rings. The van der Waals surface area contributed by atoms with E-state index in [0.29, 0.717) is 5.92 Å². The van der Waals surface area contributed by atoms with Gasteiger partial charge in [0.2, 0.25) is 0 Å². The Morgan fingerprint density at radius 1 is 1.10 bits per heavy atom. The van der Waals surface area contributed by atoms with E-state index in [9.17, 15) is 8.78 Å². The second kappa shape index (κ2) is 8.90. The van der Waals surface area contributed by atoms with Crippen molar-refractivity contribution in [3.63, 3.8) is 0 Å². The molecule has 1 unspecified atom stereocenters. The van der Waals surface area contributed by atoms with Gasteiger partial charge in [0.1, 0.15) is 5.75 Å². The van der Waals surface area contributed by atoms with Crippen LogP contribution in [0, 0.1) is 5.92 Å². The van der Waals surface area contributed by atoms with Gasteiger partial charge in [0.15, 0.2) is 0 Å². The summed E-state index contributed by atoms with van der Waals surface area (Å²) in [6.07, 6.45) is 3.26. The quantitative estimate of drug-likeness (QED) is 0.706. The maximum Gasteiger partial charge on any atom is 0.387 e. The van der Waals surface area contributed by atoms with Crippen molar-refractivity contribution in [2.75, 3.05) is 6.54 Å². The summed E-state index contributed by atoms with van der Waals surface area (Å²) < 4.78 is 28.6. The van der Waals surface area contributed by atoms with Crippen LogP contribution in [0.4, 0.5) is 8.78 Å². The minimum atomic E-state index is -2.77. The van der Waals surface area contributed by atoms with Crippen LogP contribution in [0.3, 0.4) is 0 Å². The molecule has 0 aliphatic rings. The van der Waals surface area contributed by atoms with E-state index in [0.717, 1.165) is 31.4 Å². The molecule has 2 nitrogen and oxygen atoms in total. The van der Waals surface area contributed by atoms with E-state index >= 15 is 0 Å². The second-order valence-electron chi connectivity index (χ2n) is 5.43. The number of rotatable bonds is 9. The molecule has 0 aliphatic heterocycles. The van der Waals surface area contributed by atoms with E-state index in [2.05, 4.69) is 30.8 Å². The average Bonchev–Trinajstić information content (AvgIpc) is 2.39. The number of halogens is 2. The zero-order valence-electron chi connectivity index (χ0n) is 12.5. The molecule has 0 aromatic heterocycles. The van der Waals surface area contributed by atoms with E-state index in [1.165, 1.54) is 0 Å². The van der Waals surface area contributed by atoms with Crippen LogP contribution in [0.5, 0.6) is 5.75 Å². The van der Waals surface area contributed by atoms with Crippen molar-refractivity contribution in [3.8, 4) is 5.75 Å². The third-order valence-electron chi connectivity index (χ3n) is 3.18. The van der Waals surface area contributed by atoms with E-state index < -0.39 is 6.61 Å². The summed E-state index contributed by atoms with van der Waals surface area (Å²) >= 11 is 0. The number of hydrogen-bond donors (Lipinski definition) is 1. The van der Waals surface area contributed by atoms with Crippen molar-refractivity contribution >= 4 is 0 Å². The van der Waals surface area contributed by atoms with Crippen LogP contribution >= 0.6 is 0 Å². The minimum Gasteiger partial charge on any atom is -0.435 e. The number of benzene rings is 1. The zero-order chi connectivity index (χ0) is 15.0. The fraction of sp³-hybridized carbons (Fsp3) is 0.625. The molecule has 0 amide bonds. The smallest absolute Gasteiger partial charge is 0.387 e. The third kappa shape index (κ3) is 6.33. The van der Waals surface area contributed by atoms with Crippen LogP contribution < -0.4 is 10.1 Å². The average molecular weight is 285 g/mol. The molecule has 1 N–H and O–H groups in total. The Balaban J connectivity index is 2.68. The highest BCUT2D eigenvalue weighted by atomic mass is 19.3. The lowest BCUT2D eigenvalue weighted by Crippen LogP contribution is -2.22. The molecule has 1 aromatic carbocycles. The van der Waals surface area contributed by atoms with E-state index in [-0.39, 0.29) is 11.8 Å². The normalized spacial score (nSPS) is 12.9. The molecule has 20 heavy (non-hydrogen) atoms. The Morgan fingerprint density at radius 2 is 1.75 bits per heavy atom. The summed E-state index contributed by atoms with van der Waals surface area (Å²) in [5.41, 5.74) is 1.13. The summed E-state index contributed by atoms with van der Waals surface area (Å²) in [5, 5.41) is 3.51. The first-order valence-corrected chi connectivity index (χ1v) is 7.31. The lowest BCUT2D eigenvalue weighted by atomic mass is 9.97. The molecule has 0 spiro atoms. The fourth-order valence-electron chi connectivity index (χ4n) is 2.09. The molecule has 0 heterocycles. The predicted octanol–water partition coefficient (Wildman–Crippen LogP) is 4.76. The molecule has 114 valence electrons. The van der Waals surface area contributed by atoms with Crippen LogP contribution in [0.2, 0.25) is 0 Å². The van der Waals surface area contributed by atoms with Gasteiger partial charge in [-0.2, -0.15) is 8.78 Å². The van der Waals surface area contributed by atoms with Crippen LogP contribution in [-0.2, 0) is 0 Å². The van der Waals surface area contributed by atoms with Crippen LogP contribution in [-0.4, -0.2) is 13.2 Å². The molecule has 0 radical (unpaired) electrons. The second-order valence-corrected chi connectivity index (χ2v) is 5.43. The first kappa shape index (κ1) is 16.9. The van der Waals surface area contributed by atoms with Crippen molar-refractivity contribution < 1.29 is 13.5 Å². The molecule has 1 atom stereocenters. The summed E-state index contributed by atoms with van der Waals surface area (Å²) in [6, 6.07) is 7.23. The Kier molecular flexibility index (Phi) is 7.52. The van der Waals surface area contributed by atoms with Crippen molar-refractivity contribution in [3.05, 3.63) is 29.8 Å². The highest BCUT2D eigenvalue weighted by molar-refractivity contribution is 5.29. The third-order valence-corrected chi connectivity index (χ3v) is 3.18. The summed E-state index contributed by atoms with van der Waals surface area (Å²) in [6.45, 7) is 4.73. The van der Waals surface area contributed by atoms with Crippen molar-refractivity contribution in [2.45, 2.75) is 52.7 Å².